The summed E-state index contributed by atoms with van der Waals surface area (Å²) in [5.74, 6) is 1.48. The molecule has 8 nitrogen and oxygen atoms in total. The van der Waals surface area contributed by atoms with Crippen molar-refractivity contribution in [2.45, 2.75) is 32.7 Å². The van der Waals surface area contributed by atoms with Crippen molar-refractivity contribution in [1.82, 2.24) is 20.6 Å². The standard InChI is InChI=1S/C20H29N7OS/c1-14-26-17(13-29-14)5-9-24-20(22-2)25-12-16-4-3-8-23-19(16)27-10-6-15(7-11-27)18(21)28/h3-4,8,13,15H,5-7,9-12H2,1-2H3,(H2,21,28)(H2,22,24,25). The van der Waals surface area contributed by atoms with Gasteiger partial charge in [0.05, 0.1) is 10.7 Å². The lowest BCUT2D eigenvalue weighted by molar-refractivity contribution is -0.122. The van der Waals surface area contributed by atoms with Crippen LogP contribution < -0.4 is 21.3 Å². The molecule has 0 radical (unpaired) electrons. The summed E-state index contributed by atoms with van der Waals surface area (Å²) < 4.78 is 0. The maximum Gasteiger partial charge on any atom is 0.220 e. The molecule has 1 amide bonds. The van der Waals surface area contributed by atoms with Gasteiger partial charge in [-0.25, -0.2) is 9.97 Å². The van der Waals surface area contributed by atoms with Crippen LogP contribution in [0, 0.1) is 12.8 Å². The summed E-state index contributed by atoms with van der Waals surface area (Å²) in [5, 5.41) is 9.88. The van der Waals surface area contributed by atoms with Crippen LogP contribution >= 0.6 is 11.3 Å². The number of nitrogens with two attached hydrogens (primary N) is 1. The highest BCUT2D eigenvalue weighted by Crippen LogP contribution is 2.24. The largest absolute Gasteiger partial charge is 0.369 e. The minimum atomic E-state index is -0.199. The zero-order chi connectivity index (χ0) is 20.6. The number of thiazole rings is 1. The van der Waals surface area contributed by atoms with Crippen LogP contribution in [0.2, 0.25) is 0 Å². The van der Waals surface area contributed by atoms with Crippen molar-refractivity contribution < 1.29 is 4.79 Å². The van der Waals surface area contributed by atoms with Gasteiger partial charge in [0.25, 0.3) is 0 Å². The summed E-state index contributed by atoms with van der Waals surface area (Å²) in [4.78, 5) is 27.0. The number of primary amides is 1. The summed E-state index contributed by atoms with van der Waals surface area (Å²) in [6, 6.07) is 4.01. The first-order valence-electron chi connectivity index (χ1n) is 9.90. The number of pyridine rings is 1. The number of aliphatic imine (C=N–C) groups is 1. The van der Waals surface area contributed by atoms with Crippen molar-refractivity contribution in [3.63, 3.8) is 0 Å². The highest BCUT2D eigenvalue weighted by molar-refractivity contribution is 7.09. The van der Waals surface area contributed by atoms with Gasteiger partial charge in [-0.1, -0.05) is 6.07 Å². The molecule has 156 valence electrons. The lowest BCUT2D eigenvalue weighted by atomic mass is 9.96. The van der Waals surface area contributed by atoms with Crippen molar-refractivity contribution in [1.29, 1.82) is 0 Å². The second kappa shape index (κ2) is 10.2. The van der Waals surface area contributed by atoms with Gasteiger partial charge in [0.1, 0.15) is 5.82 Å². The number of carbonyl (C=O) groups excluding carboxylic acids is 1. The van der Waals surface area contributed by atoms with Crippen molar-refractivity contribution >= 4 is 29.0 Å². The maximum atomic E-state index is 11.4. The molecule has 2 aromatic heterocycles. The van der Waals surface area contributed by atoms with E-state index in [9.17, 15) is 4.79 Å². The smallest absolute Gasteiger partial charge is 0.220 e. The lowest BCUT2D eigenvalue weighted by Crippen LogP contribution is -2.40. The molecule has 0 bridgehead atoms. The molecule has 2 aromatic rings. The summed E-state index contributed by atoms with van der Waals surface area (Å²) in [7, 11) is 1.76. The third-order valence-corrected chi connectivity index (χ3v) is 5.90. The van der Waals surface area contributed by atoms with Crippen molar-refractivity contribution in [2.24, 2.45) is 16.6 Å². The Labute approximate surface area is 175 Å². The van der Waals surface area contributed by atoms with Gasteiger partial charge in [-0.05, 0) is 25.8 Å². The molecule has 0 atom stereocenters. The number of carbonyl (C=O) groups is 1. The predicted molar refractivity (Wildman–Crippen MR) is 117 cm³/mol. The van der Waals surface area contributed by atoms with Crippen molar-refractivity contribution in [2.75, 3.05) is 31.6 Å². The van der Waals surface area contributed by atoms with Crippen molar-refractivity contribution in [3.05, 3.63) is 40.0 Å². The molecule has 1 fully saturated rings. The van der Waals surface area contributed by atoms with Crippen molar-refractivity contribution in [3.8, 4) is 0 Å². The topological polar surface area (TPSA) is 109 Å². The summed E-state index contributed by atoms with van der Waals surface area (Å²) in [6.07, 6.45) is 4.22. The SMILES string of the molecule is CN=C(NCCc1csc(C)n1)NCc1cccnc1N1CCC(C(N)=O)CC1. The van der Waals surface area contributed by atoms with E-state index in [0.717, 1.165) is 66.9 Å². The zero-order valence-corrected chi connectivity index (χ0v) is 17.8. The molecule has 4 N–H and O–H groups in total. The van der Waals surface area contributed by atoms with E-state index in [1.807, 2.05) is 19.2 Å². The number of aryl methyl sites for hydroxylation is 1. The van der Waals surface area contributed by atoms with Gasteiger partial charge in [-0.2, -0.15) is 0 Å². The molecule has 9 heteroatoms. The van der Waals surface area contributed by atoms with Gasteiger partial charge >= 0.3 is 0 Å². The van der Waals surface area contributed by atoms with E-state index in [1.165, 1.54) is 0 Å². The molecule has 29 heavy (non-hydrogen) atoms. The number of nitrogens with one attached hydrogen (secondary N) is 2. The predicted octanol–water partition coefficient (Wildman–Crippen LogP) is 1.46. The Morgan fingerprint density at radius 2 is 2.17 bits per heavy atom. The van der Waals surface area contributed by atoms with Crippen LogP contribution in [0.1, 0.15) is 29.1 Å². The highest BCUT2D eigenvalue weighted by atomic mass is 32.1. The first-order valence-corrected chi connectivity index (χ1v) is 10.8. The summed E-state index contributed by atoms with van der Waals surface area (Å²) in [5.41, 5.74) is 7.65. The van der Waals surface area contributed by atoms with Crippen LogP contribution in [0.25, 0.3) is 0 Å². The molecule has 0 aliphatic carbocycles. The Morgan fingerprint density at radius 1 is 1.38 bits per heavy atom. The van der Waals surface area contributed by atoms with Gasteiger partial charge < -0.3 is 21.3 Å². The Morgan fingerprint density at radius 3 is 2.83 bits per heavy atom. The van der Waals surface area contributed by atoms with Crippen LogP contribution in [-0.4, -0.2) is 48.5 Å². The van der Waals surface area contributed by atoms with Crippen LogP contribution in [-0.2, 0) is 17.8 Å². The van der Waals surface area contributed by atoms with E-state index in [0.29, 0.717) is 6.54 Å². The Kier molecular flexibility index (Phi) is 7.40. The van der Waals surface area contributed by atoms with Crippen LogP contribution in [0.15, 0.2) is 28.7 Å². The fraction of sp³-hybridized carbons (Fsp3) is 0.500. The number of anilines is 1. The Balaban J connectivity index is 1.52. The number of guanidine groups is 1. The second-order valence-corrected chi connectivity index (χ2v) is 8.17. The number of rotatable bonds is 7. The lowest BCUT2D eigenvalue weighted by Gasteiger charge is -2.32. The Hall–Kier alpha value is -2.68. The summed E-state index contributed by atoms with van der Waals surface area (Å²) >= 11 is 1.67. The van der Waals surface area contributed by atoms with Crippen LogP contribution in [0.3, 0.4) is 0 Å². The van der Waals surface area contributed by atoms with Gasteiger partial charge in [-0.3, -0.25) is 9.79 Å². The molecule has 1 aliphatic heterocycles. The maximum absolute atomic E-state index is 11.4. The monoisotopic (exact) mass is 415 g/mol. The molecule has 1 saturated heterocycles. The Bertz CT molecular complexity index is 843. The number of amides is 1. The van der Waals surface area contributed by atoms with E-state index < -0.39 is 0 Å². The van der Waals surface area contributed by atoms with E-state index in [1.54, 1.807) is 18.4 Å². The fourth-order valence-electron chi connectivity index (χ4n) is 3.46. The third kappa shape index (κ3) is 5.90. The molecule has 0 saturated carbocycles. The second-order valence-electron chi connectivity index (χ2n) is 7.11. The third-order valence-electron chi connectivity index (χ3n) is 5.07. The normalized spacial score (nSPS) is 15.4. The van der Waals surface area contributed by atoms with E-state index in [-0.39, 0.29) is 11.8 Å². The minimum absolute atomic E-state index is 0.0268. The number of hydrogen-bond donors (Lipinski definition) is 3. The number of piperidine rings is 1. The molecule has 1 aliphatic rings. The quantitative estimate of drug-likeness (QED) is 0.467. The molecule has 3 rings (SSSR count). The zero-order valence-electron chi connectivity index (χ0n) is 17.0. The van der Waals surface area contributed by atoms with Crippen LogP contribution in [0.5, 0.6) is 0 Å². The number of hydrogen-bond acceptors (Lipinski definition) is 6. The average molecular weight is 416 g/mol. The average Bonchev–Trinajstić information content (AvgIpc) is 3.16. The van der Waals surface area contributed by atoms with Gasteiger partial charge in [0.15, 0.2) is 5.96 Å². The summed E-state index contributed by atoms with van der Waals surface area (Å²) in [6.45, 7) is 4.98. The van der Waals surface area contributed by atoms with Gasteiger partial charge in [-0.15, -0.1) is 11.3 Å². The molecular formula is C20H29N7OS. The fourth-order valence-corrected chi connectivity index (χ4v) is 4.11. The first-order chi connectivity index (χ1) is 14.1. The first kappa shape index (κ1) is 21.0. The van der Waals surface area contributed by atoms with E-state index in [2.05, 4.69) is 41.9 Å². The molecule has 0 aromatic carbocycles. The van der Waals surface area contributed by atoms with E-state index in [4.69, 9.17) is 5.73 Å². The number of nitrogens with zero attached hydrogens (tertiary/aromatic N) is 4. The van der Waals surface area contributed by atoms with Gasteiger partial charge in [0.2, 0.25) is 5.91 Å². The molecule has 3 heterocycles. The molecular weight excluding hydrogens is 386 g/mol. The molecule has 0 unspecified atom stereocenters. The van der Waals surface area contributed by atoms with E-state index >= 15 is 0 Å². The van der Waals surface area contributed by atoms with Gasteiger partial charge in [0, 0.05) is 62.7 Å². The minimum Gasteiger partial charge on any atom is -0.369 e. The highest BCUT2D eigenvalue weighted by Gasteiger charge is 2.24. The molecule has 0 spiro atoms. The van der Waals surface area contributed by atoms with Crippen LogP contribution in [0.4, 0.5) is 5.82 Å². The number of aromatic nitrogens is 2.